The zero-order chi connectivity index (χ0) is 27.8. The number of hydrogen-bond acceptors (Lipinski definition) is 5. The molecule has 0 fully saturated rings. The molecular formula is C27H39ClN4O5. The number of carboxylic acids is 1. The second-order valence-corrected chi connectivity index (χ2v) is 9.22. The minimum Gasteiger partial charge on any atom is -0.481 e. The van der Waals surface area contributed by atoms with Crippen LogP contribution in [0.15, 0.2) is 35.8 Å². The summed E-state index contributed by atoms with van der Waals surface area (Å²) in [5.41, 5.74) is 1.18. The van der Waals surface area contributed by atoms with E-state index in [1.165, 1.54) is 11.8 Å². The SMILES string of the molecule is C=C(N=C(CCCCC)N(CC(=O)NCC(=O)NCCC(CCC)C(=O)O)C(C)=O)c1ccc(Cl)cc1. The molecule has 0 radical (unpaired) electrons. The summed E-state index contributed by atoms with van der Waals surface area (Å²) in [6.07, 6.45) is 4.77. The molecule has 0 aliphatic rings. The van der Waals surface area contributed by atoms with Crippen molar-refractivity contribution in [3.05, 3.63) is 41.4 Å². The highest BCUT2D eigenvalue weighted by Crippen LogP contribution is 2.19. The Morgan fingerprint density at radius 3 is 2.27 bits per heavy atom. The lowest BCUT2D eigenvalue weighted by Gasteiger charge is -2.23. The van der Waals surface area contributed by atoms with Gasteiger partial charge in [0.2, 0.25) is 17.7 Å². The monoisotopic (exact) mass is 534 g/mol. The van der Waals surface area contributed by atoms with Gasteiger partial charge in [-0.3, -0.25) is 24.1 Å². The summed E-state index contributed by atoms with van der Waals surface area (Å²) in [4.78, 5) is 54.3. The van der Waals surface area contributed by atoms with Crippen molar-refractivity contribution in [3.63, 3.8) is 0 Å². The normalized spacial score (nSPS) is 11.9. The predicted molar refractivity (Wildman–Crippen MR) is 146 cm³/mol. The van der Waals surface area contributed by atoms with E-state index < -0.39 is 23.7 Å². The molecule has 0 saturated carbocycles. The topological polar surface area (TPSA) is 128 Å². The van der Waals surface area contributed by atoms with Crippen LogP contribution in [0.25, 0.3) is 5.70 Å². The lowest BCUT2D eigenvalue weighted by atomic mass is 10.0. The van der Waals surface area contributed by atoms with Gasteiger partial charge in [0.25, 0.3) is 0 Å². The van der Waals surface area contributed by atoms with E-state index in [1.54, 1.807) is 24.3 Å². The average molecular weight is 535 g/mol. The summed E-state index contributed by atoms with van der Waals surface area (Å²) < 4.78 is 0. The number of rotatable bonds is 16. The number of amides is 3. The lowest BCUT2D eigenvalue weighted by Crippen LogP contribution is -2.45. The van der Waals surface area contributed by atoms with Crippen LogP contribution in [-0.4, -0.2) is 59.2 Å². The maximum absolute atomic E-state index is 12.6. The summed E-state index contributed by atoms with van der Waals surface area (Å²) in [7, 11) is 0. The van der Waals surface area contributed by atoms with Gasteiger partial charge in [-0.2, -0.15) is 0 Å². The number of aliphatic imine (C=N–C) groups is 1. The first-order chi connectivity index (χ1) is 17.6. The molecule has 0 saturated heterocycles. The molecule has 0 bridgehead atoms. The van der Waals surface area contributed by atoms with E-state index in [2.05, 4.69) is 29.1 Å². The van der Waals surface area contributed by atoms with Crippen LogP contribution in [0.1, 0.15) is 71.3 Å². The first-order valence-corrected chi connectivity index (χ1v) is 13.0. The molecule has 1 rings (SSSR count). The predicted octanol–water partition coefficient (Wildman–Crippen LogP) is 4.26. The van der Waals surface area contributed by atoms with Crippen molar-refractivity contribution < 1.29 is 24.3 Å². The molecule has 0 aromatic heterocycles. The highest BCUT2D eigenvalue weighted by atomic mass is 35.5. The quantitative estimate of drug-likeness (QED) is 0.166. The minimum atomic E-state index is -0.885. The fraction of sp³-hybridized carbons (Fsp3) is 0.519. The number of carbonyl (C=O) groups is 4. The van der Waals surface area contributed by atoms with Crippen LogP contribution >= 0.6 is 11.6 Å². The molecular weight excluding hydrogens is 496 g/mol. The molecule has 3 amide bonds. The first-order valence-electron chi connectivity index (χ1n) is 12.7. The van der Waals surface area contributed by atoms with Crippen LogP contribution in [-0.2, 0) is 19.2 Å². The smallest absolute Gasteiger partial charge is 0.306 e. The van der Waals surface area contributed by atoms with E-state index >= 15 is 0 Å². The third-order valence-corrected chi connectivity index (χ3v) is 5.94. The highest BCUT2D eigenvalue weighted by Gasteiger charge is 2.21. The summed E-state index contributed by atoms with van der Waals surface area (Å²) in [6, 6.07) is 7.01. The van der Waals surface area contributed by atoms with Crippen molar-refractivity contribution >= 4 is 46.8 Å². The molecule has 1 unspecified atom stereocenters. The second kappa shape index (κ2) is 17.3. The van der Waals surface area contributed by atoms with Crippen molar-refractivity contribution in [2.45, 2.75) is 65.7 Å². The molecule has 10 heteroatoms. The van der Waals surface area contributed by atoms with E-state index in [4.69, 9.17) is 11.6 Å². The fourth-order valence-corrected chi connectivity index (χ4v) is 3.72. The first kappa shape index (κ1) is 31.8. The van der Waals surface area contributed by atoms with Gasteiger partial charge in [0.15, 0.2) is 0 Å². The third-order valence-electron chi connectivity index (χ3n) is 5.69. The standard InChI is InChI=1S/C27H39ClN4O5/c1-5-7-8-10-24(31-19(3)21-11-13-23(28)14-12-21)32(20(4)33)18-26(35)30-17-25(34)29-16-15-22(9-6-2)27(36)37/h11-14,22H,3,5-10,15-18H2,1-2,4H3,(H,29,34)(H,30,35)(H,36,37). The van der Waals surface area contributed by atoms with Crippen LogP contribution in [0, 0.1) is 5.92 Å². The van der Waals surface area contributed by atoms with Gasteiger partial charge in [-0.1, -0.05) is 63.4 Å². The molecule has 37 heavy (non-hydrogen) atoms. The van der Waals surface area contributed by atoms with Crippen molar-refractivity contribution in [3.8, 4) is 0 Å². The third kappa shape index (κ3) is 12.5. The van der Waals surface area contributed by atoms with Gasteiger partial charge in [0.05, 0.1) is 18.2 Å². The van der Waals surface area contributed by atoms with Gasteiger partial charge in [-0.05, 0) is 37.0 Å². The molecule has 3 N–H and O–H groups in total. The molecule has 0 heterocycles. The Hall–Kier alpha value is -3.20. The van der Waals surface area contributed by atoms with Crippen molar-refractivity contribution in [2.24, 2.45) is 10.9 Å². The number of benzene rings is 1. The van der Waals surface area contributed by atoms with Gasteiger partial charge in [0.1, 0.15) is 12.4 Å². The van der Waals surface area contributed by atoms with Crippen molar-refractivity contribution in [2.75, 3.05) is 19.6 Å². The average Bonchev–Trinajstić information content (AvgIpc) is 2.85. The van der Waals surface area contributed by atoms with Crippen LogP contribution in [0.4, 0.5) is 0 Å². The summed E-state index contributed by atoms with van der Waals surface area (Å²) in [5, 5.41) is 14.9. The maximum atomic E-state index is 12.6. The Labute approximate surface area is 224 Å². The fourth-order valence-electron chi connectivity index (χ4n) is 3.60. The number of halogens is 1. The largest absolute Gasteiger partial charge is 0.481 e. The molecule has 1 atom stereocenters. The lowest BCUT2D eigenvalue weighted by molar-refractivity contribution is -0.142. The van der Waals surface area contributed by atoms with E-state index in [-0.39, 0.29) is 25.5 Å². The number of carbonyl (C=O) groups excluding carboxylic acids is 3. The molecule has 1 aromatic carbocycles. The number of amidine groups is 1. The van der Waals surface area contributed by atoms with Crippen LogP contribution in [0.2, 0.25) is 5.02 Å². The second-order valence-electron chi connectivity index (χ2n) is 8.78. The van der Waals surface area contributed by atoms with E-state index in [0.29, 0.717) is 35.8 Å². The Bertz CT molecular complexity index is 962. The molecule has 0 aliphatic heterocycles. The van der Waals surface area contributed by atoms with Gasteiger partial charge in [-0.15, -0.1) is 0 Å². The van der Waals surface area contributed by atoms with Crippen LogP contribution in [0.5, 0.6) is 0 Å². The summed E-state index contributed by atoms with van der Waals surface area (Å²) in [6.45, 7) is 8.96. The van der Waals surface area contributed by atoms with Gasteiger partial charge in [0, 0.05) is 24.9 Å². The number of hydrogen-bond donors (Lipinski definition) is 3. The van der Waals surface area contributed by atoms with Crippen molar-refractivity contribution in [1.29, 1.82) is 0 Å². The Morgan fingerprint density at radius 1 is 1.03 bits per heavy atom. The molecule has 1 aromatic rings. The number of unbranched alkanes of at least 4 members (excludes halogenated alkanes) is 2. The summed E-state index contributed by atoms with van der Waals surface area (Å²) in [5.74, 6) is -2.28. The van der Waals surface area contributed by atoms with E-state index in [9.17, 15) is 24.3 Å². The molecule has 0 spiro atoms. The Balaban J connectivity index is 2.79. The number of nitrogens with one attached hydrogen (secondary N) is 2. The van der Waals surface area contributed by atoms with Crippen molar-refractivity contribution in [1.82, 2.24) is 15.5 Å². The van der Waals surface area contributed by atoms with Gasteiger partial charge < -0.3 is 15.7 Å². The molecule has 204 valence electrons. The minimum absolute atomic E-state index is 0.201. The zero-order valence-electron chi connectivity index (χ0n) is 22.0. The molecule has 9 nitrogen and oxygen atoms in total. The van der Waals surface area contributed by atoms with E-state index in [0.717, 1.165) is 31.2 Å². The highest BCUT2D eigenvalue weighted by molar-refractivity contribution is 6.30. The maximum Gasteiger partial charge on any atom is 0.306 e. The Kier molecular flexibility index (Phi) is 14.9. The number of carboxylic acid groups (broad SMARTS) is 1. The van der Waals surface area contributed by atoms with Crippen LogP contribution < -0.4 is 10.6 Å². The van der Waals surface area contributed by atoms with Crippen LogP contribution in [0.3, 0.4) is 0 Å². The zero-order valence-corrected chi connectivity index (χ0v) is 22.8. The van der Waals surface area contributed by atoms with Gasteiger partial charge in [-0.25, -0.2) is 4.99 Å². The number of nitrogens with zero attached hydrogens (tertiary/aromatic N) is 2. The van der Waals surface area contributed by atoms with Gasteiger partial charge >= 0.3 is 5.97 Å². The number of aliphatic carboxylic acids is 1. The molecule has 0 aliphatic carbocycles. The van der Waals surface area contributed by atoms with E-state index in [1.807, 2.05) is 6.92 Å². The summed E-state index contributed by atoms with van der Waals surface area (Å²) >= 11 is 5.96. The Morgan fingerprint density at radius 2 is 1.70 bits per heavy atom.